The number of rotatable bonds is 8. The van der Waals surface area contributed by atoms with Crippen molar-refractivity contribution < 1.29 is 23.5 Å². The third-order valence-corrected chi connectivity index (χ3v) is 5.57. The lowest BCUT2D eigenvalue weighted by atomic mass is 10.1. The van der Waals surface area contributed by atoms with E-state index in [1.165, 1.54) is 11.9 Å². The number of benzene rings is 2. The Labute approximate surface area is 183 Å². The monoisotopic (exact) mass is 439 g/mol. The van der Waals surface area contributed by atoms with Crippen LogP contribution in [0.25, 0.3) is 22.1 Å². The average molecular weight is 439 g/mol. The molecular weight excluding hydrogens is 418 g/mol. The lowest BCUT2D eigenvalue weighted by Crippen LogP contribution is -1.95. The van der Waals surface area contributed by atoms with E-state index in [4.69, 9.17) is 23.5 Å². The molecule has 0 atom stereocenters. The maximum atomic E-state index is 5.63. The van der Waals surface area contributed by atoms with Crippen molar-refractivity contribution in [2.75, 3.05) is 33.2 Å². The topological polar surface area (TPSA) is 87.9 Å². The highest BCUT2D eigenvalue weighted by Crippen LogP contribution is 2.41. The van der Waals surface area contributed by atoms with E-state index in [1.807, 2.05) is 36.4 Å². The van der Waals surface area contributed by atoms with Crippen LogP contribution >= 0.6 is 11.9 Å². The lowest BCUT2D eigenvalue weighted by molar-refractivity contribution is 0.376. The normalized spacial score (nSPS) is 10.7. The Morgan fingerprint density at radius 1 is 0.839 bits per heavy atom. The molecule has 0 saturated carbocycles. The Morgan fingerprint density at radius 3 is 2.19 bits per heavy atom. The lowest BCUT2D eigenvalue weighted by Gasteiger charge is -2.12. The molecule has 0 amide bonds. The van der Waals surface area contributed by atoms with Gasteiger partial charge in [-0.15, -0.1) is 0 Å². The van der Waals surface area contributed by atoms with Crippen LogP contribution < -0.4 is 23.7 Å². The molecule has 8 nitrogen and oxygen atoms in total. The van der Waals surface area contributed by atoms with Crippen molar-refractivity contribution in [3.05, 3.63) is 48.7 Å². The molecule has 2 heterocycles. The van der Waals surface area contributed by atoms with E-state index >= 15 is 0 Å². The number of fused-ring (bicyclic) bond motifs is 1. The summed E-state index contributed by atoms with van der Waals surface area (Å²) < 4.78 is 30.5. The number of methoxy groups -OCH3 is 4. The third-order valence-electron chi connectivity index (χ3n) is 4.67. The molecule has 1 N–H and O–H groups in total. The van der Waals surface area contributed by atoms with Gasteiger partial charge in [0, 0.05) is 17.8 Å². The molecule has 31 heavy (non-hydrogen) atoms. The molecule has 0 aliphatic rings. The molecule has 4 aromatic rings. The van der Waals surface area contributed by atoms with Gasteiger partial charge in [-0.2, -0.15) is 0 Å². The van der Waals surface area contributed by atoms with Crippen LogP contribution in [0.15, 0.2) is 58.1 Å². The predicted octanol–water partition coefficient (Wildman–Crippen LogP) is 5.04. The van der Waals surface area contributed by atoms with Crippen molar-refractivity contribution in [2.45, 2.75) is 4.90 Å². The van der Waals surface area contributed by atoms with E-state index in [2.05, 4.69) is 14.9 Å². The van der Waals surface area contributed by atoms with Gasteiger partial charge in [0.25, 0.3) is 0 Å². The molecule has 4 rings (SSSR count). The molecule has 2 aromatic heterocycles. The number of nitrogens with one attached hydrogen (secondary N) is 1. The first-order valence-electron chi connectivity index (χ1n) is 9.30. The minimum Gasteiger partial charge on any atom is -0.496 e. The average Bonchev–Trinajstić information content (AvgIpc) is 3.24. The summed E-state index contributed by atoms with van der Waals surface area (Å²) in [4.78, 5) is 5.06. The molecular formula is C22H21N3O5S. The first kappa shape index (κ1) is 20.7. The van der Waals surface area contributed by atoms with Crippen LogP contribution in [0.3, 0.4) is 0 Å². The predicted molar refractivity (Wildman–Crippen MR) is 119 cm³/mol. The Bertz CT molecular complexity index is 1170. The van der Waals surface area contributed by atoms with Crippen molar-refractivity contribution in [2.24, 2.45) is 0 Å². The van der Waals surface area contributed by atoms with Gasteiger partial charge in [0.1, 0.15) is 27.5 Å². The maximum absolute atomic E-state index is 5.63. The van der Waals surface area contributed by atoms with Crippen LogP contribution in [0, 0.1) is 0 Å². The fourth-order valence-electron chi connectivity index (χ4n) is 3.12. The summed E-state index contributed by atoms with van der Waals surface area (Å²) in [5, 5.41) is 4.92. The smallest absolute Gasteiger partial charge is 0.212 e. The van der Waals surface area contributed by atoms with Crippen LogP contribution in [0.4, 0.5) is 5.82 Å². The SMILES string of the molecule is COc1ccc(-c2cc(OC)c3c(NSc4c(OC)cccc4OC)noc3c2)cn1. The van der Waals surface area contributed by atoms with Crippen LogP contribution in [-0.4, -0.2) is 38.6 Å². The number of hydrogen-bond acceptors (Lipinski definition) is 9. The molecule has 0 spiro atoms. The number of nitrogens with zero attached hydrogens (tertiary/aromatic N) is 2. The Balaban J connectivity index is 1.68. The quantitative estimate of drug-likeness (QED) is 0.379. The summed E-state index contributed by atoms with van der Waals surface area (Å²) in [7, 11) is 6.42. The van der Waals surface area contributed by atoms with Crippen LogP contribution in [0.1, 0.15) is 0 Å². The number of anilines is 1. The highest BCUT2D eigenvalue weighted by atomic mass is 32.2. The van der Waals surface area contributed by atoms with Gasteiger partial charge in [0.2, 0.25) is 5.88 Å². The summed E-state index contributed by atoms with van der Waals surface area (Å²) in [5.74, 6) is 3.08. The van der Waals surface area contributed by atoms with Gasteiger partial charge in [0.15, 0.2) is 11.4 Å². The summed E-state index contributed by atoms with van der Waals surface area (Å²) in [5.41, 5.74) is 2.38. The van der Waals surface area contributed by atoms with E-state index in [-0.39, 0.29) is 0 Å². The van der Waals surface area contributed by atoms with Gasteiger partial charge in [0.05, 0.1) is 28.4 Å². The fourth-order valence-corrected chi connectivity index (χ4v) is 3.96. The van der Waals surface area contributed by atoms with E-state index in [9.17, 15) is 0 Å². The van der Waals surface area contributed by atoms with E-state index < -0.39 is 0 Å². The standard InChI is InChI=1S/C22H21N3O5S/c1-26-15-6-5-7-16(27-2)21(15)31-25-22-20-17(28-3)10-14(11-18(20)30-24-22)13-8-9-19(29-4)23-12-13/h5-12H,1-4H3,(H,24,25). The van der Waals surface area contributed by atoms with Crippen molar-refractivity contribution in [3.63, 3.8) is 0 Å². The largest absolute Gasteiger partial charge is 0.496 e. The second kappa shape index (κ2) is 9.05. The minimum atomic E-state index is 0.532. The number of hydrogen-bond donors (Lipinski definition) is 1. The maximum Gasteiger partial charge on any atom is 0.212 e. The zero-order chi connectivity index (χ0) is 21.8. The van der Waals surface area contributed by atoms with Crippen LogP contribution in [0.5, 0.6) is 23.1 Å². The highest BCUT2D eigenvalue weighted by molar-refractivity contribution is 8.00. The number of ether oxygens (including phenoxy) is 4. The molecule has 0 unspecified atom stereocenters. The molecule has 0 fully saturated rings. The van der Waals surface area contributed by atoms with Gasteiger partial charge < -0.3 is 28.2 Å². The Kier molecular flexibility index (Phi) is 6.03. The van der Waals surface area contributed by atoms with Crippen molar-refractivity contribution >= 4 is 28.7 Å². The zero-order valence-electron chi connectivity index (χ0n) is 17.5. The molecule has 160 valence electrons. The van der Waals surface area contributed by atoms with Crippen LogP contribution in [0.2, 0.25) is 0 Å². The summed E-state index contributed by atoms with van der Waals surface area (Å²) in [6.07, 6.45) is 1.73. The summed E-state index contributed by atoms with van der Waals surface area (Å²) in [6, 6.07) is 13.1. The highest BCUT2D eigenvalue weighted by Gasteiger charge is 2.18. The van der Waals surface area contributed by atoms with Gasteiger partial charge in [-0.1, -0.05) is 11.2 Å². The molecule has 0 aliphatic heterocycles. The molecule has 0 saturated heterocycles. The van der Waals surface area contributed by atoms with Crippen molar-refractivity contribution in [1.82, 2.24) is 10.1 Å². The van der Waals surface area contributed by atoms with E-state index in [1.54, 1.807) is 40.7 Å². The molecule has 0 aliphatic carbocycles. The first-order chi connectivity index (χ1) is 15.2. The van der Waals surface area contributed by atoms with Crippen molar-refractivity contribution in [1.29, 1.82) is 0 Å². The number of pyridine rings is 1. The van der Waals surface area contributed by atoms with Gasteiger partial charge in [-0.25, -0.2) is 4.98 Å². The second-order valence-electron chi connectivity index (χ2n) is 6.37. The molecule has 0 bridgehead atoms. The van der Waals surface area contributed by atoms with Gasteiger partial charge in [-0.3, -0.25) is 0 Å². The summed E-state index contributed by atoms with van der Waals surface area (Å²) in [6.45, 7) is 0. The summed E-state index contributed by atoms with van der Waals surface area (Å²) >= 11 is 1.32. The minimum absolute atomic E-state index is 0.532. The molecule has 2 aromatic carbocycles. The van der Waals surface area contributed by atoms with Crippen molar-refractivity contribution in [3.8, 4) is 34.3 Å². The Morgan fingerprint density at radius 2 is 1.58 bits per heavy atom. The van der Waals surface area contributed by atoms with Gasteiger partial charge in [-0.05, 0) is 47.8 Å². The second-order valence-corrected chi connectivity index (χ2v) is 7.18. The Hall–Kier alpha value is -3.59. The van der Waals surface area contributed by atoms with E-state index in [0.717, 1.165) is 21.4 Å². The third kappa shape index (κ3) is 4.04. The fraction of sp³-hybridized carbons (Fsp3) is 0.182. The first-order valence-corrected chi connectivity index (χ1v) is 10.1. The zero-order valence-corrected chi connectivity index (χ0v) is 18.3. The number of aromatic nitrogens is 2. The molecule has 0 radical (unpaired) electrons. The van der Waals surface area contributed by atoms with E-state index in [0.29, 0.717) is 34.5 Å². The van der Waals surface area contributed by atoms with Crippen LogP contribution in [-0.2, 0) is 0 Å². The van der Waals surface area contributed by atoms with Gasteiger partial charge >= 0.3 is 0 Å². The molecule has 9 heteroatoms.